The summed E-state index contributed by atoms with van der Waals surface area (Å²) in [5, 5.41) is 5.98. The van der Waals surface area contributed by atoms with Crippen molar-refractivity contribution in [2.75, 3.05) is 13.1 Å². The second-order valence-electron chi connectivity index (χ2n) is 4.75. The van der Waals surface area contributed by atoms with Crippen molar-refractivity contribution >= 4 is 6.09 Å². The summed E-state index contributed by atoms with van der Waals surface area (Å²) < 4.78 is 5.25. The second kappa shape index (κ2) is 4.64. The predicted octanol–water partition coefficient (Wildman–Crippen LogP) is 1.26. The Balaban J connectivity index is 2.25. The van der Waals surface area contributed by atoms with Crippen molar-refractivity contribution in [3.8, 4) is 0 Å². The van der Waals surface area contributed by atoms with Gasteiger partial charge in [0.1, 0.15) is 6.10 Å². The smallest absolute Gasteiger partial charge is 0.407 e. The molecule has 1 amide bonds. The maximum Gasteiger partial charge on any atom is 0.407 e. The van der Waals surface area contributed by atoms with E-state index in [0.29, 0.717) is 0 Å². The van der Waals surface area contributed by atoms with Gasteiger partial charge in [-0.2, -0.15) is 0 Å². The highest BCUT2D eigenvalue weighted by Gasteiger charge is 2.20. The van der Waals surface area contributed by atoms with Crippen LogP contribution in [0.5, 0.6) is 0 Å². The molecule has 1 heterocycles. The van der Waals surface area contributed by atoms with Gasteiger partial charge in [0.25, 0.3) is 0 Å². The average molecular weight is 200 g/mol. The minimum atomic E-state index is -0.314. The largest absolute Gasteiger partial charge is 0.445 e. The van der Waals surface area contributed by atoms with E-state index in [-0.39, 0.29) is 17.7 Å². The third kappa shape index (κ3) is 4.46. The van der Waals surface area contributed by atoms with Gasteiger partial charge < -0.3 is 15.4 Å². The number of amides is 1. The number of piperidine rings is 1. The Bertz CT molecular complexity index is 193. The summed E-state index contributed by atoms with van der Waals surface area (Å²) >= 11 is 0. The van der Waals surface area contributed by atoms with Gasteiger partial charge >= 0.3 is 6.09 Å². The Labute approximate surface area is 85.4 Å². The maximum atomic E-state index is 11.4. The van der Waals surface area contributed by atoms with Gasteiger partial charge in [-0.25, -0.2) is 4.79 Å². The van der Waals surface area contributed by atoms with Crippen LogP contribution in [0.4, 0.5) is 4.79 Å². The molecule has 0 saturated carbocycles. The Hall–Kier alpha value is -0.770. The highest BCUT2D eigenvalue weighted by Crippen LogP contribution is 2.07. The molecular weight excluding hydrogens is 180 g/mol. The lowest BCUT2D eigenvalue weighted by atomic mass is 10.1. The second-order valence-corrected chi connectivity index (χ2v) is 4.75. The fraction of sp³-hybridized carbons (Fsp3) is 0.900. The van der Waals surface area contributed by atoms with E-state index in [9.17, 15) is 4.79 Å². The Kier molecular flexibility index (Phi) is 3.75. The number of nitrogens with one attached hydrogen (secondary N) is 2. The quantitative estimate of drug-likeness (QED) is 0.670. The van der Waals surface area contributed by atoms with Crippen molar-refractivity contribution in [3.63, 3.8) is 0 Å². The van der Waals surface area contributed by atoms with Crippen LogP contribution in [0.2, 0.25) is 0 Å². The molecule has 1 atom stereocenters. The summed E-state index contributed by atoms with van der Waals surface area (Å²) in [5.74, 6) is 0. The standard InChI is InChI=1S/C10H20N2O2/c1-10(2,3)12-9(13)14-8-5-4-6-11-7-8/h8,11H,4-7H2,1-3H3,(H,12,13)/t8-/m1/s1. The zero-order chi connectivity index (χ0) is 10.6. The van der Waals surface area contributed by atoms with Crippen LogP contribution in [0.25, 0.3) is 0 Å². The molecule has 1 aliphatic heterocycles. The molecule has 1 aliphatic rings. The number of rotatable bonds is 1. The first kappa shape index (κ1) is 11.3. The van der Waals surface area contributed by atoms with E-state index < -0.39 is 0 Å². The van der Waals surface area contributed by atoms with Crippen LogP contribution in [0, 0.1) is 0 Å². The molecule has 4 heteroatoms. The molecule has 0 spiro atoms. The Morgan fingerprint density at radius 2 is 2.21 bits per heavy atom. The highest BCUT2D eigenvalue weighted by atomic mass is 16.6. The van der Waals surface area contributed by atoms with Crippen molar-refractivity contribution in [2.24, 2.45) is 0 Å². The van der Waals surface area contributed by atoms with E-state index in [4.69, 9.17) is 4.74 Å². The van der Waals surface area contributed by atoms with Gasteiger partial charge in [0.05, 0.1) is 0 Å². The summed E-state index contributed by atoms with van der Waals surface area (Å²) in [6.07, 6.45) is 1.76. The number of carbonyl (C=O) groups is 1. The lowest BCUT2D eigenvalue weighted by molar-refractivity contribution is 0.0771. The van der Waals surface area contributed by atoms with Crippen molar-refractivity contribution in [1.82, 2.24) is 10.6 Å². The number of hydrogen-bond donors (Lipinski definition) is 2. The molecule has 1 fully saturated rings. The first-order chi connectivity index (χ1) is 6.47. The van der Waals surface area contributed by atoms with Gasteiger partial charge in [0.15, 0.2) is 0 Å². The van der Waals surface area contributed by atoms with Gasteiger partial charge in [-0.15, -0.1) is 0 Å². The fourth-order valence-corrected chi connectivity index (χ4v) is 1.41. The molecule has 2 N–H and O–H groups in total. The van der Waals surface area contributed by atoms with Crippen molar-refractivity contribution in [2.45, 2.75) is 45.3 Å². The van der Waals surface area contributed by atoms with Crippen molar-refractivity contribution < 1.29 is 9.53 Å². The molecule has 0 aromatic carbocycles. The van der Waals surface area contributed by atoms with Crippen LogP contribution in [0.3, 0.4) is 0 Å². The van der Waals surface area contributed by atoms with E-state index in [0.717, 1.165) is 25.9 Å². The van der Waals surface area contributed by atoms with Crippen LogP contribution in [0.15, 0.2) is 0 Å². The van der Waals surface area contributed by atoms with Crippen LogP contribution >= 0.6 is 0 Å². The average Bonchev–Trinajstić information content (AvgIpc) is 2.02. The van der Waals surface area contributed by atoms with Gasteiger partial charge in [-0.1, -0.05) is 0 Å². The molecule has 0 aromatic heterocycles. The van der Waals surface area contributed by atoms with Crippen LogP contribution in [-0.2, 0) is 4.74 Å². The van der Waals surface area contributed by atoms with E-state index in [1.165, 1.54) is 0 Å². The molecule has 0 radical (unpaired) electrons. The molecule has 1 rings (SSSR count). The van der Waals surface area contributed by atoms with E-state index in [1.54, 1.807) is 0 Å². The Morgan fingerprint density at radius 1 is 1.50 bits per heavy atom. The van der Waals surface area contributed by atoms with Crippen LogP contribution in [0.1, 0.15) is 33.6 Å². The van der Waals surface area contributed by atoms with E-state index in [2.05, 4.69) is 10.6 Å². The van der Waals surface area contributed by atoms with E-state index in [1.807, 2.05) is 20.8 Å². The molecule has 0 aromatic rings. The zero-order valence-corrected chi connectivity index (χ0v) is 9.22. The summed E-state index contributed by atoms with van der Waals surface area (Å²) in [6, 6.07) is 0. The molecule has 14 heavy (non-hydrogen) atoms. The molecule has 82 valence electrons. The minimum absolute atomic E-state index is 0.0334. The normalized spacial score (nSPS) is 22.9. The summed E-state index contributed by atoms with van der Waals surface area (Å²) in [6.45, 7) is 7.62. The topological polar surface area (TPSA) is 50.4 Å². The summed E-state index contributed by atoms with van der Waals surface area (Å²) in [4.78, 5) is 11.4. The third-order valence-electron chi connectivity index (χ3n) is 2.00. The molecule has 0 aliphatic carbocycles. The SMILES string of the molecule is CC(C)(C)NC(=O)O[C@@H]1CCCNC1. The Morgan fingerprint density at radius 3 is 2.71 bits per heavy atom. The maximum absolute atomic E-state index is 11.4. The number of hydrogen-bond acceptors (Lipinski definition) is 3. The van der Waals surface area contributed by atoms with Gasteiger partial charge in [0.2, 0.25) is 0 Å². The predicted molar refractivity (Wildman–Crippen MR) is 55.3 cm³/mol. The van der Waals surface area contributed by atoms with Gasteiger partial charge in [-0.05, 0) is 40.2 Å². The lowest BCUT2D eigenvalue weighted by Gasteiger charge is -2.26. The summed E-state index contributed by atoms with van der Waals surface area (Å²) in [5.41, 5.74) is -0.223. The number of carbonyl (C=O) groups excluding carboxylic acids is 1. The lowest BCUT2D eigenvalue weighted by Crippen LogP contribution is -2.45. The number of alkyl carbamates (subject to hydrolysis) is 1. The summed E-state index contributed by atoms with van der Waals surface area (Å²) in [7, 11) is 0. The molecule has 1 saturated heterocycles. The van der Waals surface area contributed by atoms with Crippen molar-refractivity contribution in [3.05, 3.63) is 0 Å². The fourth-order valence-electron chi connectivity index (χ4n) is 1.41. The molecule has 0 unspecified atom stereocenters. The first-order valence-corrected chi connectivity index (χ1v) is 5.17. The van der Waals surface area contributed by atoms with E-state index >= 15 is 0 Å². The van der Waals surface area contributed by atoms with Crippen molar-refractivity contribution in [1.29, 1.82) is 0 Å². The number of ether oxygens (including phenoxy) is 1. The molecule has 4 nitrogen and oxygen atoms in total. The van der Waals surface area contributed by atoms with Gasteiger partial charge in [-0.3, -0.25) is 0 Å². The minimum Gasteiger partial charge on any atom is -0.445 e. The zero-order valence-electron chi connectivity index (χ0n) is 9.22. The highest BCUT2D eigenvalue weighted by molar-refractivity contribution is 5.68. The van der Waals surface area contributed by atoms with Crippen LogP contribution in [-0.4, -0.2) is 30.8 Å². The molecular formula is C10H20N2O2. The van der Waals surface area contributed by atoms with Gasteiger partial charge in [0, 0.05) is 12.1 Å². The third-order valence-corrected chi connectivity index (χ3v) is 2.00. The molecule has 0 bridgehead atoms. The van der Waals surface area contributed by atoms with Crippen LogP contribution < -0.4 is 10.6 Å². The first-order valence-electron chi connectivity index (χ1n) is 5.17. The monoisotopic (exact) mass is 200 g/mol.